The summed E-state index contributed by atoms with van der Waals surface area (Å²) in [7, 11) is 5.54. The first kappa shape index (κ1) is 16.8. The Balaban J connectivity index is 1.73. The van der Waals surface area contributed by atoms with Crippen LogP contribution in [0.4, 0.5) is 0 Å². The van der Waals surface area contributed by atoms with Crippen molar-refractivity contribution < 1.29 is 9.47 Å². The minimum atomic E-state index is 0.620. The highest BCUT2D eigenvalue weighted by molar-refractivity contribution is 6.30. The summed E-state index contributed by atoms with van der Waals surface area (Å²) < 4.78 is 11.0. The fourth-order valence-corrected chi connectivity index (χ4v) is 3.91. The highest BCUT2D eigenvalue weighted by Gasteiger charge is 2.31. The van der Waals surface area contributed by atoms with Crippen LogP contribution >= 0.6 is 11.6 Å². The van der Waals surface area contributed by atoms with Crippen molar-refractivity contribution in [1.29, 1.82) is 0 Å². The van der Waals surface area contributed by atoms with E-state index in [-0.39, 0.29) is 0 Å². The van der Waals surface area contributed by atoms with Gasteiger partial charge in [0.05, 0.1) is 14.2 Å². The number of rotatable bonds is 4. The lowest BCUT2D eigenvalue weighted by Gasteiger charge is -2.46. The number of halogens is 1. The number of benzene rings is 1. The molecule has 2 aliphatic rings. The predicted molar refractivity (Wildman–Crippen MR) is 92.7 cm³/mol. The molecule has 128 valence electrons. The molecule has 0 amide bonds. The Kier molecular flexibility index (Phi) is 5.31. The van der Waals surface area contributed by atoms with E-state index in [2.05, 4.69) is 21.7 Å². The third-order valence-corrected chi connectivity index (χ3v) is 5.11. The number of ether oxygens (including phenoxy) is 2. The van der Waals surface area contributed by atoms with Crippen LogP contribution in [0.3, 0.4) is 0 Å². The van der Waals surface area contributed by atoms with Crippen molar-refractivity contribution in [1.82, 2.24) is 14.7 Å². The first-order valence-electron chi connectivity index (χ1n) is 8.16. The number of hydrogen-bond acceptors (Lipinski definition) is 5. The first-order valence-corrected chi connectivity index (χ1v) is 8.54. The van der Waals surface area contributed by atoms with Crippen molar-refractivity contribution in [2.24, 2.45) is 0 Å². The van der Waals surface area contributed by atoms with Crippen LogP contribution in [0, 0.1) is 0 Å². The Bertz CT molecular complexity index is 555. The van der Waals surface area contributed by atoms with Crippen molar-refractivity contribution >= 4 is 11.6 Å². The molecule has 1 unspecified atom stereocenters. The summed E-state index contributed by atoms with van der Waals surface area (Å²) in [5.74, 6) is 1.49. The molecule has 2 aliphatic heterocycles. The number of fused-ring (bicyclic) bond motifs is 1. The molecule has 2 saturated heterocycles. The van der Waals surface area contributed by atoms with Gasteiger partial charge in [0.2, 0.25) is 0 Å². The molecular weight excluding hydrogens is 314 g/mol. The van der Waals surface area contributed by atoms with Crippen LogP contribution in [-0.4, -0.2) is 81.3 Å². The van der Waals surface area contributed by atoms with Crippen LogP contribution in [0.15, 0.2) is 12.1 Å². The van der Waals surface area contributed by atoms with E-state index in [0.717, 1.165) is 44.0 Å². The van der Waals surface area contributed by atoms with E-state index >= 15 is 0 Å². The minimum Gasteiger partial charge on any atom is -0.493 e. The molecule has 6 heteroatoms. The zero-order valence-electron chi connectivity index (χ0n) is 14.2. The van der Waals surface area contributed by atoms with Crippen molar-refractivity contribution in [2.45, 2.75) is 12.6 Å². The second-order valence-corrected chi connectivity index (χ2v) is 6.92. The van der Waals surface area contributed by atoms with E-state index in [0.29, 0.717) is 16.8 Å². The highest BCUT2D eigenvalue weighted by atomic mass is 35.5. The van der Waals surface area contributed by atoms with Gasteiger partial charge in [0.25, 0.3) is 0 Å². The van der Waals surface area contributed by atoms with Gasteiger partial charge >= 0.3 is 0 Å². The second kappa shape index (κ2) is 7.26. The molecular formula is C17H26ClN3O2. The summed E-state index contributed by atoms with van der Waals surface area (Å²) in [5, 5.41) is 0.689. The van der Waals surface area contributed by atoms with Gasteiger partial charge in [-0.05, 0) is 13.1 Å². The quantitative estimate of drug-likeness (QED) is 0.834. The molecule has 23 heavy (non-hydrogen) atoms. The van der Waals surface area contributed by atoms with E-state index < -0.39 is 0 Å². The number of piperazine rings is 2. The fourth-order valence-electron chi connectivity index (χ4n) is 3.68. The van der Waals surface area contributed by atoms with E-state index in [1.54, 1.807) is 20.3 Å². The Labute approximate surface area is 143 Å². The third kappa shape index (κ3) is 3.74. The lowest BCUT2D eigenvalue weighted by Crippen LogP contribution is -2.61. The lowest BCUT2D eigenvalue weighted by molar-refractivity contribution is 0.0173. The normalized spacial score (nSPS) is 23.6. The molecule has 3 rings (SSSR count). The summed E-state index contributed by atoms with van der Waals surface area (Å²) in [5.41, 5.74) is 1.09. The Morgan fingerprint density at radius 3 is 2.61 bits per heavy atom. The zero-order chi connectivity index (χ0) is 16.4. The molecule has 2 fully saturated rings. The van der Waals surface area contributed by atoms with Crippen LogP contribution in [0.25, 0.3) is 0 Å². The maximum absolute atomic E-state index is 6.24. The van der Waals surface area contributed by atoms with Crippen LogP contribution in [0.5, 0.6) is 11.5 Å². The highest BCUT2D eigenvalue weighted by Crippen LogP contribution is 2.35. The summed E-state index contributed by atoms with van der Waals surface area (Å²) in [6.07, 6.45) is 0. The number of hydrogen-bond donors (Lipinski definition) is 0. The van der Waals surface area contributed by atoms with E-state index in [1.165, 1.54) is 13.1 Å². The Morgan fingerprint density at radius 2 is 1.87 bits per heavy atom. The molecule has 1 aromatic rings. The first-order chi connectivity index (χ1) is 11.1. The topological polar surface area (TPSA) is 28.2 Å². The van der Waals surface area contributed by atoms with E-state index in [1.807, 2.05) is 6.07 Å². The molecule has 0 aromatic heterocycles. The maximum atomic E-state index is 6.24. The van der Waals surface area contributed by atoms with Crippen LogP contribution in [-0.2, 0) is 6.54 Å². The molecule has 1 atom stereocenters. The van der Waals surface area contributed by atoms with Crippen molar-refractivity contribution in [3.63, 3.8) is 0 Å². The average Bonchev–Trinajstić information content (AvgIpc) is 2.54. The van der Waals surface area contributed by atoms with Crippen LogP contribution in [0.2, 0.25) is 5.02 Å². The van der Waals surface area contributed by atoms with Gasteiger partial charge in [0, 0.05) is 68.5 Å². The van der Waals surface area contributed by atoms with Gasteiger partial charge in [-0.3, -0.25) is 9.80 Å². The van der Waals surface area contributed by atoms with Gasteiger partial charge in [-0.15, -0.1) is 0 Å². The van der Waals surface area contributed by atoms with Crippen LogP contribution < -0.4 is 9.47 Å². The average molecular weight is 340 g/mol. The van der Waals surface area contributed by atoms with Gasteiger partial charge < -0.3 is 14.4 Å². The SMILES string of the molecule is COc1cc(Cl)cc(CN2CCN3CCN(C)CC3C2)c1OC. The number of nitrogens with zero attached hydrogens (tertiary/aromatic N) is 3. The number of methoxy groups -OCH3 is 2. The molecule has 0 radical (unpaired) electrons. The molecule has 0 saturated carbocycles. The lowest BCUT2D eigenvalue weighted by atomic mass is 10.1. The summed E-state index contributed by atoms with van der Waals surface area (Å²) in [6.45, 7) is 7.65. The van der Waals surface area contributed by atoms with Crippen molar-refractivity contribution in [3.05, 3.63) is 22.7 Å². The van der Waals surface area contributed by atoms with E-state index in [9.17, 15) is 0 Å². The Morgan fingerprint density at radius 1 is 1.09 bits per heavy atom. The van der Waals surface area contributed by atoms with Gasteiger partial charge in [0.15, 0.2) is 11.5 Å². The monoisotopic (exact) mass is 339 g/mol. The summed E-state index contributed by atoms with van der Waals surface area (Å²) in [4.78, 5) is 7.54. The molecule has 5 nitrogen and oxygen atoms in total. The largest absolute Gasteiger partial charge is 0.493 e. The van der Waals surface area contributed by atoms with Gasteiger partial charge in [-0.1, -0.05) is 11.6 Å². The van der Waals surface area contributed by atoms with Gasteiger partial charge in [0.1, 0.15) is 0 Å². The van der Waals surface area contributed by atoms with Crippen molar-refractivity contribution in [2.75, 3.05) is 60.5 Å². The maximum Gasteiger partial charge on any atom is 0.165 e. The molecule has 0 bridgehead atoms. The predicted octanol–water partition coefficient (Wildman–Crippen LogP) is 1.79. The summed E-state index contributed by atoms with van der Waals surface area (Å²) in [6, 6.07) is 4.41. The molecule has 0 spiro atoms. The molecule has 2 heterocycles. The smallest absolute Gasteiger partial charge is 0.165 e. The van der Waals surface area contributed by atoms with E-state index in [4.69, 9.17) is 21.1 Å². The molecule has 0 N–H and O–H groups in total. The standard InChI is InChI=1S/C17H26ClN3O2/c1-19-4-6-21-7-5-20(12-15(21)11-19)10-13-8-14(18)9-16(22-2)17(13)23-3/h8-9,15H,4-7,10-12H2,1-3H3. The fraction of sp³-hybridized carbons (Fsp3) is 0.647. The molecule has 1 aromatic carbocycles. The van der Waals surface area contributed by atoms with Crippen LogP contribution in [0.1, 0.15) is 5.56 Å². The third-order valence-electron chi connectivity index (χ3n) is 4.89. The van der Waals surface area contributed by atoms with Gasteiger partial charge in [-0.25, -0.2) is 0 Å². The molecule has 0 aliphatic carbocycles. The number of likely N-dealkylation sites (N-methyl/N-ethyl adjacent to an activating group) is 1. The van der Waals surface area contributed by atoms with Crippen molar-refractivity contribution in [3.8, 4) is 11.5 Å². The Hall–Kier alpha value is -1.01. The summed E-state index contributed by atoms with van der Waals surface area (Å²) >= 11 is 6.24. The van der Waals surface area contributed by atoms with Gasteiger partial charge in [-0.2, -0.15) is 0 Å². The second-order valence-electron chi connectivity index (χ2n) is 6.49. The zero-order valence-corrected chi connectivity index (χ0v) is 15.0. The minimum absolute atomic E-state index is 0.620.